The molecule has 0 aliphatic rings. The van der Waals surface area contributed by atoms with Crippen LogP contribution in [0.4, 0.5) is 0 Å². The SMILES string of the molecule is CC(C)C(C)C(=O)NC#N. The molecule has 0 aromatic rings. The van der Waals surface area contributed by atoms with Crippen LogP contribution in [0.5, 0.6) is 0 Å². The van der Waals surface area contributed by atoms with Crippen LogP contribution in [0.3, 0.4) is 0 Å². The second kappa shape index (κ2) is 3.89. The monoisotopic (exact) mass is 140 g/mol. The third kappa shape index (κ3) is 2.49. The number of amides is 1. The normalized spacial score (nSPS) is 12.3. The van der Waals surface area contributed by atoms with Crippen LogP contribution >= 0.6 is 0 Å². The highest BCUT2D eigenvalue weighted by Gasteiger charge is 2.15. The van der Waals surface area contributed by atoms with Crippen LogP contribution in [0.1, 0.15) is 20.8 Å². The summed E-state index contributed by atoms with van der Waals surface area (Å²) < 4.78 is 0. The Labute approximate surface area is 61.0 Å². The van der Waals surface area contributed by atoms with Crippen LogP contribution in [0.15, 0.2) is 0 Å². The Morgan fingerprint density at radius 1 is 1.50 bits per heavy atom. The fourth-order valence-electron chi connectivity index (χ4n) is 0.472. The smallest absolute Gasteiger partial charge is 0.236 e. The summed E-state index contributed by atoms with van der Waals surface area (Å²) >= 11 is 0. The van der Waals surface area contributed by atoms with E-state index in [0.29, 0.717) is 0 Å². The lowest BCUT2D eigenvalue weighted by Crippen LogP contribution is -2.28. The first-order chi connectivity index (χ1) is 4.59. The fraction of sp³-hybridized carbons (Fsp3) is 0.714. The first-order valence-corrected chi connectivity index (χ1v) is 3.28. The van der Waals surface area contributed by atoms with Gasteiger partial charge in [-0.05, 0) is 5.92 Å². The van der Waals surface area contributed by atoms with Crippen molar-refractivity contribution < 1.29 is 4.79 Å². The summed E-state index contributed by atoms with van der Waals surface area (Å²) in [4.78, 5) is 10.9. The topological polar surface area (TPSA) is 52.9 Å². The van der Waals surface area contributed by atoms with E-state index in [2.05, 4.69) is 5.32 Å². The number of carbonyl (C=O) groups excluding carboxylic acids is 1. The van der Waals surface area contributed by atoms with Gasteiger partial charge in [-0.25, -0.2) is 0 Å². The number of hydrogen-bond acceptors (Lipinski definition) is 2. The second-order valence-electron chi connectivity index (χ2n) is 2.63. The van der Waals surface area contributed by atoms with E-state index in [1.165, 1.54) is 0 Å². The van der Waals surface area contributed by atoms with E-state index in [0.717, 1.165) is 0 Å². The van der Waals surface area contributed by atoms with Gasteiger partial charge in [0.25, 0.3) is 0 Å². The van der Waals surface area contributed by atoms with Crippen LogP contribution in [0.25, 0.3) is 0 Å². The molecule has 1 unspecified atom stereocenters. The van der Waals surface area contributed by atoms with Crippen molar-refractivity contribution >= 4 is 5.91 Å². The van der Waals surface area contributed by atoms with Gasteiger partial charge in [-0.3, -0.25) is 10.1 Å². The van der Waals surface area contributed by atoms with Crippen molar-refractivity contribution in [2.45, 2.75) is 20.8 Å². The Balaban J connectivity index is 3.85. The Morgan fingerprint density at radius 2 is 2.00 bits per heavy atom. The average molecular weight is 140 g/mol. The Hall–Kier alpha value is -1.04. The summed E-state index contributed by atoms with van der Waals surface area (Å²) in [6, 6.07) is 0. The lowest BCUT2D eigenvalue weighted by molar-refractivity contribution is -0.124. The van der Waals surface area contributed by atoms with Crippen LogP contribution < -0.4 is 5.32 Å². The number of nitrogens with one attached hydrogen (secondary N) is 1. The number of nitriles is 1. The van der Waals surface area contributed by atoms with Gasteiger partial charge in [-0.1, -0.05) is 20.8 Å². The molecule has 56 valence electrons. The van der Waals surface area contributed by atoms with Crippen molar-refractivity contribution in [2.24, 2.45) is 11.8 Å². The van der Waals surface area contributed by atoms with Crippen molar-refractivity contribution in [3.05, 3.63) is 0 Å². The predicted octanol–water partition coefficient (Wildman–Crippen LogP) is 0.876. The molecule has 3 heteroatoms. The molecule has 0 aliphatic heterocycles. The van der Waals surface area contributed by atoms with Crippen molar-refractivity contribution in [2.75, 3.05) is 0 Å². The van der Waals surface area contributed by atoms with E-state index in [9.17, 15) is 4.79 Å². The number of hydrogen-bond donors (Lipinski definition) is 1. The lowest BCUT2D eigenvalue weighted by Gasteiger charge is -2.11. The van der Waals surface area contributed by atoms with Gasteiger partial charge < -0.3 is 0 Å². The summed E-state index contributed by atoms with van der Waals surface area (Å²) in [6.07, 6.45) is 1.60. The van der Waals surface area contributed by atoms with E-state index in [1.54, 1.807) is 13.1 Å². The molecule has 10 heavy (non-hydrogen) atoms. The minimum atomic E-state index is -0.197. The number of carbonyl (C=O) groups is 1. The van der Waals surface area contributed by atoms with Crippen LogP contribution in [-0.2, 0) is 4.79 Å². The molecule has 0 saturated carbocycles. The molecule has 3 nitrogen and oxygen atoms in total. The highest BCUT2D eigenvalue weighted by Crippen LogP contribution is 2.08. The van der Waals surface area contributed by atoms with Gasteiger partial charge >= 0.3 is 0 Å². The first-order valence-electron chi connectivity index (χ1n) is 3.28. The molecule has 0 bridgehead atoms. The van der Waals surface area contributed by atoms with E-state index in [1.807, 2.05) is 13.8 Å². The zero-order valence-corrected chi connectivity index (χ0v) is 6.51. The van der Waals surface area contributed by atoms with Crippen molar-refractivity contribution in [3.8, 4) is 6.19 Å². The van der Waals surface area contributed by atoms with Crippen molar-refractivity contribution in [1.29, 1.82) is 5.26 Å². The Kier molecular flexibility index (Phi) is 3.48. The molecule has 1 amide bonds. The maximum atomic E-state index is 10.9. The van der Waals surface area contributed by atoms with Crippen molar-refractivity contribution in [1.82, 2.24) is 5.32 Å². The zero-order chi connectivity index (χ0) is 8.15. The molecule has 0 aliphatic carbocycles. The molecule has 1 N–H and O–H groups in total. The maximum absolute atomic E-state index is 10.9. The molecule has 0 aromatic carbocycles. The lowest BCUT2D eigenvalue weighted by atomic mass is 9.97. The Bertz CT molecular complexity index is 157. The minimum Gasteiger partial charge on any atom is -0.274 e. The molecular formula is C7H12N2O. The van der Waals surface area contributed by atoms with Gasteiger partial charge in [0.1, 0.15) is 0 Å². The standard InChI is InChI=1S/C7H12N2O/c1-5(2)6(3)7(10)9-4-8/h5-6H,1-3H3,(H,9,10). The highest BCUT2D eigenvalue weighted by atomic mass is 16.1. The summed E-state index contributed by atoms with van der Waals surface area (Å²) in [6.45, 7) is 5.70. The molecule has 0 heterocycles. The third-order valence-corrected chi connectivity index (χ3v) is 1.59. The Morgan fingerprint density at radius 3 is 2.30 bits per heavy atom. The molecule has 0 saturated heterocycles. The summed E-state index contributed by atoms with van der Waals surface area (Å²) in [5.41, 5.74) is 0. The third-order valence-electron chi connectivity index (χ3n) is 1.59. The molecule has 0 radical (unpaired) electrons. The predicted molar refractivity (Wildman–Crippen MR) is 37.8 cm³/mol. The summed E-state index contributed by atoms with van der Waals surface area (Å²) in [5, 5.41) is 10.2. The van der Waals surface area contributed by atoms with Gasteiger partial charge in [0, 0.05) is 5.92 Å². The van der Waals surface area contributed by atoms with E-state index >= 15 is 0 Å². The van der Waals surface area contributed by atoms with E-state index in [-0.39, 0.29) is 17.7 Å². The second-order valence-corrected chi connectivity index (χ2v) is 2.63. The van der Waals surface area contributed by atoms with E-state index < -0.39 is 0 Å². The van der Waals surface area contributed by atoms with Gasteiger partial charge in [-0.15, -0.1) is 0 Å². The quantitative estimate of drug-likeness (QED) is 0.457. The van der Waals surface area contributed by atoms with Gasteiger partial charge in [0.15, 0.2) is 6.19 Å². The van der Waals surface area contributed by atoms with E-state index in [4.69, 9.17) is 5.26 Å². The number of nitrogens with zero attached hydrogens (tertiary/aromatic N) is 1. The average Bonchev–Trinajstić information content (AvgIpc) is 1.87. The molecule has 0 rings (SSSR count). The molecule has 1 atom stereocenters. The van der Waals surface area contributed by atoms with Crippen LogP contribution in [0.2, 0.25) is 0 Å². The first kappa shape index (κ1) is 8.96. The van der Waals surface area contributed by atoms with Crippen LogP contribution in [0, 0.1) is 23.3 Å². The minimum absolute atomic E-state index is 0.0837. The highest BCUT2D eigenvalue weighted by molar-refractivity contribution is 5.79. The van der Waals surface area contributed by atoms with Gasteiger partial charge in [-0.2, -0.15) is 5.26 Å². The number of rotatable bonds is 2. The largest absolute Gasteiger partial charge is 0.274 e. The molecule has 0 fully saturated rings. The van der Waals surface area contributed by atoms with Gasteiger partial charge in [0.2, 0.25) is 5.91 Å². The van der Waals surface area contributed by atoms with Gasteiger partial charge in [0.05, 0.1) is 0 Å². The zero-order valence-electron chi connectivity index (χ0n) is 6.51. The summed E-state index contributed by atoms with van der Waals surface area (Å²) in [7, 11) is 0. The maximum Gasteiger partial charge on any atom is 0.236 e. The van der Waals surface area contributed by atoms with Crippen LogP contribution in [-0.4, -0.2) is 5.91 Å². The molecular weight excluding hydrogens is 128 g/mol. The van der Waals surface area contributed by atoms with Crippen molar-refractivity contribution in [3.63, 3.8) is 0 Å². The fourth-order valence-corrected chi connectivity index (χ4v) is 0.472. The molecule has 0 aromatic heterocycles. The summed E-state index contributed by atoms with van der Waals surface area (Å²) in [5.74, 6) is 0.00509. The molecule has 0 spiro atoms.